The van der Waals surface area contributed by atoms with Gasteiger partial charge < -0.3 is 10.2 Å². The van der Waals surface area contributed by atoms with Crippen LogP contribution in [0.3, 0.4) is 0 Å². The molecule has 0 radical (unpaired) electrons. The summed E-state index contributed by atoms with van der Waals surface area (Å²) in [6.07, 6.45) is 0.497. The average molecular weight is 292 g/mol. The maximum absolute atomic E-state index is 11.2. The normalized spacial score (nSPS) is 10.4. The number of ether oxygens (including phenoxy) is 1. The molecule has 0 aliphatic carbocycles. The zero-order chi connectivity index (χ0) is 12.0. The second-order valence-corrected chi connectivity index (χ2v) is 3.35. The molecule has 0 aromatic heterocycles. The quantitative estimate of drug-likeness (QED) is 0.401. The molecule has 92 valence electrons. The maximum atomic E-state index is 11.2. The van der Waals surface area contributed by atoms with E-state index in [-0.39, 0.29) is 17.4 Å². The summed E-state index contributed by atoms with van der Waals surface area (Å²) in [7, 11) is 1.32. The van der Waals surface area contributed by atoms with Crippen molar-refractivity contribution >= 4 is 29.0 Å². The molecule has 1 rings (SSSR count). The molecule has 0 heterocycles. The van der Waals surface area contributed by atoms with Gasteiger partial charge in [0.2, 0.25) is 0 Å². The fourth-order valence-electron chi connectivity index (χ4n) is 0.994. The van der Waals surface area contributed by atoms with Crippen molar-refractivity contribution in [2.75, 3.05) is 12.5 Å². The Labute approximate surface area is 116 Å². The summed E-state index contributed by atoms with van der Waals surface area (Å²) >= 11 is 5.68. The first-order valence-electron chi connectivity index (χ1n) is 4.75. The van der Waals surface area contributed by atoms with Gasteiger partial charge in [0.1, 0.15) is 5.71 Å². The largest absolute Gasteiger partial charge is 0.464 e. The average Bonchev–Trinajstić information content (AvgIpc) is 2.31. The van der Waals surface area contributed by atoms with Crippen molar-refractivity contribution in [2.45, 2.75) is 13.3 Å². The second-order valence-electron chi connectivity index (χ2n) is 2.94. The molecule has 1 aromatic carbocycles. The monoisotopic (exact) mass is 291 g/mol. The van der Waals surface area contributed by atoms with Crippen molar-refractivity contribution < 1.29 is 26.9 Å². The predicted octanol–water partition coefficient (Wildman–Crippen LogP) is 2.49. The number of esters is 1. The molecule has 0 amide bonds. The Morgan fingerprint density at radius 3 is 2.76 bits per heavy atom. The number of nitrogens with zero attached hydrogens (tertiary/aromatic N) is 1. The van der Waals surface area contributed by atoms with Crippen LogP contribution in [-0.2, 0) is 26.9 Å². The number of nitrogens with one attached hydrogen (secondary N) is 1. The van der Waals surface area contributed by atoms with Gasteiger partial charge in [0.05, 0.1) is 7.11 Å². The molecule has 1 N–H and O–H groups in total. The van der Waals surface area contributed by atoms with Crippen LogP contribution in [0.4, 0.5) is 5.69 Å². The van der Waals surface area contributed by atoms with Crippen molar-refractivity contribution in [3.63, 3.8) is 0 Å². The summed E-state index contributed by atoms with van der Waals surface area (Å²) in [6.45, 7) is 1.82. The van der Waals surface area contributed by atoms with E-state index >= 15 is 0 Å². The van der Waals surface area contributed by atoms with Crippen LogP contribution >= 0.6 is 11.6 Å². The van der Waals surface area contributed by atoms with E-state index in [0.717, 1.165) is 0 Å². The van der Waals surface area contributed by atoms with E-state index in [9.17, 15) is 4.79 Å². The van der Waals surface area contributed by atoms with Crippen LogP contribution in [0.15, 0.2) is 23.3 Å². The van der Waals surface area contributed by atoms with E-state index in [1.54, 1.807) is 18.2 Å². The van der Waals surface area contributed by atoms with Gasteiger partial charge in [-0.05, 0) is 6.42 Å². The molecule has 0 saturated carbocycles. The zero-order valence-corrected chi connectivity index (χ0v) is 11.5. The number of anilines is 1. The first-order valence-corrected chi connectivity index (χ1v) is 5.13. The van der Waals surface area contributed by atoms with Gasteiger partial charge in [0.25, 0.3) is 0 Å². The fraction of sp³-hybridized carbons (Fsp3) is 0.273. The molecule has 1 aromatic rings. The Morgan fingerprint density at radius 2 is 2.29 bits per heavy atom. The number of hydrogen-bond donors (Lipinski definition) is 1. The van der Waals surface area contributed by atoms with Crippen LogP contribution < -0.4 is 5.43 Å². The molecule has 4 nitrogen and oxygen atoms in total. The molecular formula is C11H12ClCrN2O2-. The van der Waals surface area contributed by atoms with Gasteiger partial charge in [0.15, 0.2) is 0 Å². The Kier molecular flexibility index (Phi) is 7.64. The van der Waals surface area contributed by atoms with Gasteiger partial charge in [-0.3, -0.25) is 0 Å². The van der Waals surface area contributed by atoms with Crippen LogP contribution in [0.1, 0.15) is 13.3 Å². The van der Waals surface area contributed by atoms with E-state index < -0.39 is 5.97 Å². The third-order valence-corrected chi connectivity index (χ3v) is 2.09. The van der Waals surface area contributed by atoms with Crippen LogP contribution in [0.2, 0.25) is 5.02 Å². The molecule has 6 heteroatoms. The summed E-state index contributed by atoms with van der Waals surface area (Å²) in [6, 6.07) is 7.88. The summed E-state index contributed by atoms with van der Waals surface area (Å²) in [5.74, 6) is -0.437. The summed E-state index contributed by atoms with van der Waals surface area (Å²) < 4.78 is 4.57. The minimum Gasteiger partial charge on any atom is -0.464 e. The first kappa shape index (κ1) is 16.0. The Bertz CT molecular complexity index is 393. The molecular weight excluding hydrogens is 280 g/mol. The second kappa shape index (κ2) is 8.13. The van der Waals surface area contributed by atoms with Crippen molar-refractivity contribution in [3.8, 4) is 0 Å². The third kappa shape index (κ3) is 5.23. The number of rotatable bonds is 4. The first-order chi connectivity index (χ1) is 7.67. The van der Waals surface area contributed by atoms with E-state index in [4.69, 9.17) is 11.6 Å². The number of carbonyl (C=O) groups excluding carboxylic acids is 1. The number of hydrazone groups is 1. The van der Waals surface area contributed by atoms with Gasteiger partial charge in [-0.2, -0.15) is 23.3 Å². The minimum atomic E-state index is -0.437. The summed E-state index contributed by atoms with van der Waals surface area (Å²) in [5.41, 5.74) is 3.77. The maximum Gasteiger partial charge on any atom is 0.354 e. The fourth-order valence-corrected chi connectivity index (χ4v) is 1.11. The van der Waals surface area contributed by atoms with Gasteiger partial charge in [-0.1, -0.05) is 17.6 Å². The molecule has 17 heavy (non-hydrogen) atoms. The van der Waals surface area contributed by atoms with E-state index in [0.29, 0.717) is 22.8 Å². The minimum absolute atomic E-state index is 0. The van der Waals surface area contributed by atoms with Gasteiger partial charge >= 0.3 is 5.97 Å². The summed E-state index contributed by atoms with van der Waals surface area (Å²) in [4.78, 5) is 11.2. The molecule has 0 aliphatic heterocycles. The van der Waals surface area contributed by atoms with Gasteiger partial charge in [-0.15, -0.1) is 17.7 Å². The molecule has 0 aliphatic rings. The third-order valence-electron chi connectivity index (χ3n) is 1.85. The molecule has 0 spiro atoms. The van der Waals surface area contributed by atoms with E-state index in [2.05, 4.69) is 21.3 Å². The molecule has 0 bridgehead atoms. The van der Waals surface area contributed by atoms with Gasteiger partial charge in [0, 0.05) is 17.4 Å². The van der Waals surface area contributed by atoms with Crippen LogP contribution in [0.25, 0.3) is 0 Å². The zero-order valence-electron chi connectivity index (χ0n) is 9.49. The topological polar surface area (TPSA) is 50.7 Å². The molecule has 0 atom stereocenters. The van der Waals surface area contributed by atoms with Crippen LogP contribution in [0.5, 0.6) is 0 Å². The van der Waals surface area contributed by atoms with Gasteiger partial charge in [-0.25, -0.2) is 4.79 Å². The number of methoxy groups -OCH3 is 1. The van der Waals surface area contributed by atoms with Crippen LogP contribution in [0, 0.1) is 6.07 Å². The van der Waals surface area contributed by atoms with E-state index in [1.807, 2.05) is 6.92 Å². The molecule has 0 unspecified atom stereocenters. The molecule has 0 saturated heterocycles. The van der Waals surface area contributed by atoms with Crippen molar-refractivity contribution in [3.05, 3.63) is 29.3 Å². The molecule has 0 fully saturated rings. The van der Waals surface area contributed by atoms with Crippen molar-refractivity contribution in [1.82, 2.24) is 0 Å². The number of hydrogen-bond acceptors (Lipinski definition) is 4. The van der Waals surface area contributed by atoms with Crippen molar-refractivity contribution in [2.24, 2.45) is 5.10 Å². The summed E-state index contributed by atoms with van der Waals surface area (Å²) in [5, 5.41) is 4.47. The Morgan fingerprint density at radius 1 is 1.59 bits per heavy atom. The van der Waals surface area contributed by atoms with E-state index in [1.165, 1.54) is 7.11 Å². The SMILES string of the molecule is CC/C(=N\Nc1c[c-]c(Cl)cc1)C(=O)OC.[Cr]. The predicted molar refractivity (Wildman–Crippen MR) is 63.7 cm³/mol. The van der Waals surface area contributed by atoms with Crippen molar-refractivity contribution in [1.29, 1.82) is 0 Å². The van der Waals surface area contributed by atoms with Crippen LogP contribution in [-0.4, -0.2) is 18.8 Å². The Balaban J connectivity index is 0.00000256. The number of halogens is 1. The number of benzene rings is 1. The Hall–Kier alpha value is -1.02. The standard InChI is InChI=1S/C11H12ClN2O2.Cr/c1-3-10(11(15)16-2)14-13-9-6-4-8(12)5-7-9;/h4,6-7,13H,3H2,1-2H3;/q-1;/b14-10+;. The smallest absolute Gasteiger partial charge is 0.354 e. The number of carbonyl (C=O) groups is 1.